The number of aryl methyl sites for hydroxylation is 1. The second-order valence-corrected chi connectivity index (χ2v) is 6.27. The first-order chi connectivity index (χ1) is 10.7. The molecule has 22 heavy (non-hydrogen) atoms. The third-order valence-electron chi connectivity index (χ3n) is 3.54. The average Bonchev–Trinajstić information content (AvgIpc) is 3.15. The lowest BCUT2D eigenvalue weighted by molar-refractivity contribution is 0.186. The molecule has 6 heteroatoms. The summed E-state index contributed by atoms with van der Waals surface area (Å²) in [5.41, 5.74) is 0.992. The first-order valence-corrected chi connectivity index (χ1v) is 8.24. The van der Waals surface area contributed by atoms with Gasteiger partial charge in [0.05, 0.1) is 13.1 Å². The summed E-state index contributed by atoms with van der Waals surface area (Å²) >= 11 is 1.57. The summed E-state index contributed by atoms with van der Waals surface area (Å²) in [4.78, 5) is 18.3. The summed E-state index contributed by atoms with van der Waals surface area (Å²) in [6.07, 6.45) is 0.925. The summed E-state index contributed by atoms with van der Waals surface area (Å²) < 4.78 is 5.89. The molecule has 0 spiro atoms. The van der Waals surface area contributed by atoms with Crippen molar-refractivity contribution in [2.75, 3.05) is 13.1 Å². The van der Waals surface area contributed by atoms with Crippen LogP contribution in [0.25, 0.3) is 0 Å². The average molecular weight is 317 g/mol. The molecule has 0 bridgehead atoms. The SMILES string of the molecule is Cc1csc(CNC(=O)N2CCC(Oc3ccccc3)C2)n1. The van der Waals surface area contributed by atoms with Crippen molar-refractivity contribution in [3.8, 4) is 5.75 Å². The molecule has 116 valence electrons. The Labute approximate surface area is 133 Å². The molecule has 1 aromatic heterocycles. The lowest BCUT2D eigenvalue weighted by Crippen LogP contribution is -2.39. The molecule has 1 aliphatic heterocycles. The van der Waals surface area contributed by atoms with Crippen molar-refractivity contribution >= 4 is 17.4 Å². The van der Waals surface area contributed by atoms with Gasteiger partial charge in [0, 0.05) is 24.0 Å². The lowest BCUT2D eigenvalue weighted by Gasteiger charge is -2.17. The van der Waals surface area contributed by atoms with Crippen LogP contribution in [0, 0.1) is 6.92 Å². The molecule has 2 aromatic rings. The van der Waals surface area contributed by atoms with Crippen molar-refractivity contribution in [2.45, 2.75) is 26.0 Å². The maximum absolute atomic E-state index is 12.2. The zero-order chi connectivity index (χ0) is 15.4. The van der Waals surface area contributed by atoms with Gasteiger partial charge in [-0.2, -0.15) is 0 Å². The van der Waals surface area contributed by atoms with Crippen LogP contribution in [-0.2, 0) is 6.54 Å². The molecular formula is C16H19N3O2S. The smallest absolute Gasteiger partial charge is 0.317 e. The van der Waals surface area contributed by atoms with Crippen molar-refractivity contribution in [3.63, 3.8) is 0 Å². The number of amides is 2. The van der Waals surface area contributed by atoms with Gasteiger partial charge in [-0.25, -0.2) is 9.78 Å². The molecule has 2 amide bonds. The number of nitrogens with zero attached hydrogens (tertiary/aromatic N) is 2. The Morgan fingerprint density at radius 3 is 3.00 bits per heavy atom. The molecule has 1 aliphatic rings. The highest BCUT2D eigenvalue weighted by Gasteiger charge is 2.27. The minimum Gasteiger partial charge on any atom is -0.489 e. The third-order valence-corrected chi connectivity index (χ3v) is 4.50. The van der Waals surface area contributed by atoms with Crippen LogP contribution < -0.4 is 10.1 Å². The number of hydrogen-bond donors (Lipinski definition) is 1. The van der Waals surface area contributed by atoms with E-state index in [1.54, 1.807) is 16.2 Å². The second-order valence-electron chi connectivity index (χ2n) is 5.33. The summed E-state index contributed by atoms with van der Waals surface area (Å²) in [5, 5.41) is 5.84. The number of carbonyl (C=O) groups excluding carboxylic acids is 1. The Morgan fingerprint density at radius 1 is 1.45 bits per heavy atom. The molecule has 2 heterocycles. The van der Waals surface area contributed by atoms with Gasteiger partial charge >= 0.3 is 6.03 Å². The predicted octanol–water partition coefficient (Wildman–Crippen LogP) is 2.81. The Kier molecular flexibility index (Phi) is 4.58. The number of rotatable bonds is 4. The topological polar surface area (TPSA) is 54.5 Å². The first kappa shape index (κ1) is 14.8. The van der Waals surface area contributed by atoms with E-state index in [2.05, 4.69) is 10.3 Å². The number of aromatic nitrogens is 1. The van der Waals surface area contributed by atoms with E-state index in [4.69, 9.17) is 4.74 Å². The Hall–Kier alpha value is -2.08. The predicted molar refractivity (Wildman–Crippen MR) is 86.1 cm³/mol. The fraction of sp³-hybridized carbons (Fsp3) is 0.375. The van der Waals surface area contributed by atoms with E-state index in [0.717, 1.165) is 29.4 Å². The van der Waals surface area contributed by atoms with Gasteiger partial charge in [0.15, 0.2) is 0 Å². The molecule has 1 saturated heterocycles. The zero-order valence-electron chi connectivity index (χ0n) is 12.5. The summed E-state index contributed by atoms with van der Waals surface area (Å²) in [6, 6.07) is 9.69. The van der Waals surface area contributed by atoms with Crippen LogP contribution in [0.1, 0.15) is 17.1 Å². The van der Waals surface area contributed by atoms with E-state index in [1.165, 1.54) is 0 Å². The van der Waals surface area contributed by atoms with Crippen LogP contribution in [0.3, 0.4) is 0 Å². The van der Waals surface area contributed by atoms with Crippen molar-refractivity contribution < 1.29 is 9.53 Å². The van der Waals surface area contributed by atoms with E-state index in [1.807, 2.05) is 42.6 Å². The maximum Gasteiger partial charge on any atom is 0.317 e. The number of hydrogen-bond acceptors (Lipinski definition) is 4. The molecule has 1 atom stereocenters. The maximum atomic E-state index is 12.2. The normalized spacial score (nSPS) is 17.5. The molecule has 0 saturated carbocycles. The van der Waals surface area contributed by atoms with Crippen LogP contribution in [-0.4, -0.2) is 35.1 Å². The highest BCUT2D eigenvalue weighted by atomic mass is 32.1. The van der Waals surface area contributed by atoms with Gasteiger partial charge in [-0.15, -0.1) is 11.3 Å². The van der Waals surface area contributed by atoms with Crippen molar-refractivity contribution in [1.29, 1.82) is 0 Å². The third kappa shape index (κ3) is 3.76. The second kappa shape index (κ2) is 6.79. The van der Waals surface area contributed by atoms with Crippen LogP contribution in [0.4, 0.5) is 4.79 Å². The van der Waals surface area contributed by atoms with E-state index >= 15 is 0 Å². The minimum absolute atomic E-state index is 0.0491. The van der Waals surface area contributed by atoms with Crippen LogP contribution in [0.15, 0.2) is 35.7 Å². The lowest BCUT2D eigenvalue weighted by atomic mass is 10.3. The number of benzene rings is 1. The van der Waals surface area contributed by atoms with E-state index < -0.39 is 0 Å². The first-order valence-electron chi connectivity index (χ1n) is 7.36. The van der Waals surface area contributed by atoms with Gasteiger partial charge in [-0.1, -0.05) is 18.2 Å². The number of para-hydroxylation sites is 1. The van der Waals surface area contributed by atoms with E-state index in [9.17, 15) is 4.79 Å². The fourth-order valence-electron chi connectivity index (χ4n) is 2.45. The Bertz CT molecular complexity index is 629. The molecule has 0 radical (unpaired) electrons. The summed E-state index contributed by atoms with van der Waals surface area (Å²) in [7, 11) is 0. The Balaban J connectivity index is 1.46. The number of likely N-dealkylation sites (tertiary alicyclic amines) is 1. The molecule has 1 fully saturated rings. The van der Waals surface area contributed by atoms with Gasteiger partial charge in [-0.3, -0.25) is 0 Å². The number of thiazole rings is 1. The summed E-state index contributed by atoms with van der Waals surface area (Å²) in [6.45, 7) is 3.78. The minimum atomic E-state index is -0.0491. The zero-order valence-corrected chi connectivity index (χ0v) is 13.3. The van der Waals surface area contributed by atoms with Gasteiger partial charge in [0.2, 0.25) is 0 Å². The largest absolute Gasteiger partial charge is 0.489 e. The van der Waals surface area contributed by atoms with Crippen LogP contribution in [0.5, 0.6) is 5.75 Å². The fourth-order valence-corrected chi connectivity index (χ4v) is 3.16. The quantitative estimate of drug-likeness (QED) is 0.943. The molecule has 1 aromatic carbocycles. The number of ether oxygens (including phenoxy) is 1. The monoisotopic (exact) mass is 317 g/mol. The Morgan fingerprint density at radius 2 is 2.27 bits per heavy atom. The van der Waals surface area contributed by atoms with E-state index in [-0.39, 0.29) is 12.1 Å². The molecule has 1 N–H and O–H groups in total. The van der Waals surface area contributed by atoms with Crippen LogP contribution >= 0.6 is 11.3 Å². The van der Waals surface area contributed by atoms with E-state index in [0.29, 0.717) is 13.1 Å². The molecule has 3 rings (SSSR count). The molecular weight excluding hydrogens is 298 g/mol. The number of nitrogens with one attached hydrogen (secondary N) is 1. The van der Waals surface area contributed by atoms with Crippen LogP contribution in [0.2, 0.25) is 0 Å². The molecule has 1 unspecified atom stereocenters. The van der Waals surface area contributed by atoms with Gasteiger partial charge < -0.3 is 15.0 Å². The standard InChI is InChI=1S/C16H19N3O2S/c1-12-11-22-15(18-12)9-17-16(20)19-8-7-14(10-19)21-13-5-3-2-4-6-13/h2-6,11,14H,7-10H2,1H3,(H,17,20). The van der Waals surface area contributed by atoms with Gasteiger partial charge in [0.1, 0.15) is 16.9 Å². The number of carbonyl (C=O) groups is 1. The molecule has 0 aliphatic carbocycles. The van der Waals surface area contributed by atoms with Crippen molar-refractivity contribution in [1.82, 2.24) is 15.2 Å². The van der Waals surface area contributed by atoms with Gasteiger partial charge in [-0.05, 0) is 19.1 Å². The number of urea groups is 1. The van der Waals surface area contributed by atoms with Crippen molar-refractivity contribution in [2.24, 2.45) is 0 Å². The highest BCUT2D eigenvalue weighted by Crippen LogP contribution is 2.18. The molecule has 5 nitrogen and oxygen atoms in total. The summed E-state index contributed by atoms with van der Waals surface area (Å²) in [5.74, 6) is 0.855. The highest BCUT2D eigenvalue weighted by molar-refractivity contribution is 7.09. The van der Waals surface area contributed by atoms with Crippen molar-refractivity contribution in [3.05, 3.63) is 46.4 Å². The van der Waals surface area contributed by atoms with Gasteiger partial charge in [0.25, 0.3) is 0 Å².